The Morgan fingerprint density at radius 1 is 1.19 bits per heavy atom. The van der Waals surface area contributed by atoms with Crippen LogP contribution < -0.4 is 16.4 Å². The van der Waals surface area contributed by atoms with Crippen molar-refractivity contribution in [1.82, 2.24) is 4.98 Å². The smallest absolute Gasteiger partial charge is 0.241 e. The molecule has 1 amide bonds. The molecule has 0 fully saturated rings. The van der Waals surface area contributed by atoms with Crippen LogP contribution in [-0.2, 0) is 17.8 Å². The standard InChI is InChI=1S/C21H17Cl3N4O2S.ClH/c22-11-3-5-12(6-4-11)27-21(29)14(25)8-16-18(24)19-20(31-16)15(9-17(23)28-19)26-10-13-2-1-7-30-13;/h1-7,9,14H,8,10,25H2,(H,26,28)(H,27,29);1H. The first-order valence-electron chi connectivity index (χ1n) is 9.26. The van der Waals surface area contributed by atoms with Gasteiger partial charge in [-0.25, -0.2) is 4.98 Å². The third-order valence-corrected chi connectivity index (χ3v) is 6.71. The number of furan rings is 1. The number of carbonyl (C=O) groups excluding carboxylic acids is 1. The quantitative estimate of drug-likeness (QED) is 0.240. The second kappa shape index (κ2) is 10.7. The zero-order valence-electron chi connectivity index (χ0n) is 16.4. The third kappa shape index (κ3) is 5.67. The van der Waals surface area contributed by atoms with Crippen molar-refractivity contribution in [2.75, 3.05) is 10.6 Å². The van der Waals surface area contributed by atoms with Crippen molar-refractivity contribution in [3.05, 3.63) is 74.6 Å². The molecule has 4 aromatic rings. The third-order valence-electron chi connectivity index (χ3n) is 4.51. The summed E-state index contributed by atoms with van der Waals surface area (Å²) in [4.78, 5) is 17.6. The lowest BCUT2D eigenvalue weighted by molar-refractivity contribution is -0.117. The van der Waals surface area contributed by atoms with Gasteiger partial charge in [-0.05, 0) is 36.4 Å². The van der Waals surface area contributed by atoms with Crippen molar-refractivity contribution in [3.8, 4) is 0 Å². The highest BCUT2D eigenvalue weighted by Gasteiger charge is 2.21. The number of rotatable bonds is 7. The summed E-state index contributed by atoms with van der Waals surface area (Å²) in [5, 5.41) is 7.41. The van der Waals surface area contributed by atoms with Crippen LogP contribution in [0.4, 0.5) is 11.4 Å². The highest BCUT2D eigenvalue weighted by Crippen LogP contribution is 2.40. The Bertz CT molecular complexity index is 1210. The number of aromatic nitrogens is 1. The highest BCUT2D eigenvalue weighted by molar-refractivity contribution is 7.20. The lowest BCUT2D eigenvalue weighted by Crippen LogP contribution is -2.37. The Kier molecular flexibility index (Phi) is 8.27. The molecule has 168 valence electrons. The van der Waals surface area contributed by atoms with Crippen molar-refractivity contribution < 1.29 is 9.21 Å². The number of thiophene rings is 1. The molecule has 1 unspecified atom stereocenters. The van der Waals surface area contributed by atoms with E-state index in [0.29, 0.717) is 32.9 Å². The van der Waals surface area contributed by atoms with E-state index >= 15 is 0 Å². The van der Waals surface area contributed by atoms with Gasteiger partial charge in [-0.3, -0.25) is 4.79 Å². The van der Waals surface area contributed by atoms with Gasteiger partial charge < -0.3 is 20.8 Å². The molecule has 1 atom stereocenters. The topological polar surface area (TPSA) is 93.2 Å². The molecule has 11 heteroatoms. The molecule has 4 rings (SSSR count). The summed E-state index contributed by atoms with van der Waals surface area (Å²) < 4.78 is 6.19. The lowest BCUT2D eigenvalue weighted by Gasteiger charge is -2.11. The average molecular weight is 532 g/mol. The van der Waals surface area contributed by atoms with Crippen LogP contribution in [0.2, 0.25) is 15.2 Å². The molecule has 1 aromatic carbocycles. The normalized spacial score (nSPS) is 11.8. The largest absolute Gasteiger partial charge is 0.467 e. The fourth-order valence-electron chi connectivity index (χ4n) is 2.97. The van der Waals surface area contributed by atoms with E-state index in [1.807, 2.05) is 12.1 Å². The first-order valence-corrected chi connectivity index (χ1v) is 11.2. The maximum Gasteiger partial charge on any atom is 0.241 e. The summed E-state index contributed by atoms with van der Waals surface area (Å²) in [6.07, 6.45) is 1.87. The Morgan fingerprint density at radius 2 is 1.94 bits per heavy atom. The highest BCUT2D eigenvalue weighted by atomic mass is 35.5. The van der Waals surface area contributed by atoms with Crippen LogP contribution in [0.1, 0.15) is 10.6 Å². The minimum absolute atomic E-state index is 0. The first kappa shape index (κ1) is 24.6. The van der Waals surface area contributed by atoms with E-state index in [2.05, 4.69) is 15.6 Å². The van der Waals surface area contributed by atoms with Gasteiger partial charge in [-0.2, -0.15) is 0 Å². The van der Waals surface area contributed by atoms with E-state index in [1.54, 1.807) is 36.6 Å². The molecule has 0 spiro atoms. The Labute approximate surface area is 209 Å². The zero-order valence-corrected chi connectivity index (χ0v) is 20.3. The van der Waals surface area contributed by atoms with Gasteiger partial charge in [0.2, 0.25) is 5.91 Å². The molecule has 0 bridgehead atoms. The molecule has 0 saturated carbocycles. The summed E-state index contributed by atoms with van der Waals surface area (Å²) in [5.41, 5.74) is 8.11. The summed E-state index contributed by atoms with van der Waals surface area (Å²) >= 11 is 20.1. The fourth-order valence-corrected chi connectivity index (χ4v) is 4.86. The molecule has 0 saturated heterocycles. The molecule has 32 heavy (non-hydrogen) atoms. The summed E-state index contributed by atoms with van der Waals surface area (Å²) in [5.74, 6) is 0.461. The van der Waals surface area contributed by atoms with E-state index in [0.717, 1.165) is 21.0 Å². The number of halogens is 4. The molecule has 0 radical (unpaired) electrons. The van der Waals surface area contributed by atoms with Crippen molar-refractivity contribution in [1.29, 1.82) is 0 Å². The number of fused-ring (bicyclic) bond motifs is 1. The van der Waals surface area contributed by atoms with Gasteiger partial charge in [-0.1, -0.05) is 34.8 Å². The van der Waals surface area contributed by atoms with Crippen LogP contribution in [0, 0.1) is 0 Å². The van der Waals surface area contributed by atoms with E-state index in [4.69, 9.17) is 45.0 Å². The summed E-state index contributed by atoms with van der Waals surface area (Å²) in [6, 6.07) is 11.4. The van der Waals surface area contributed by atoms with E-state index in [1.165, 1.54) is 11.3 Å². The Morgan fingerprint density at radius 3 is 2.62 bits per heavy atom. The number of pyridine rings is 1. The molecular formula is C21H18Cl4N4O2S. The molecule has 6 nitrogen and oxygen atoms in total. The second-order valence-electron chi connectivity index (χ2n) is 6.75. The van der Waals surface area contributed by atoms with Crippen molar-refractivity contribution in [2.24, 2.45) is 5.73 Å². The number of carbonyl (C=O) groups is 1. The number of anilines is 2. The number of hydrogen-bond donors (Lipinski definition) is 3. The van der Waals surface area contributed by atoms with Gasteiger partial charge in [0.1, 0.15) is 16.4 Å². The van der Waals surface area contributed by atoms with Crippen LogP contribution in [0.5, 0.6) is 0 Å². The maximum atomic E-state index is 12.5. The van der Waals surface area contributed by atoms with Gasteiger partial charge in [0.25, 0.3) is 0 Å². The Hall–Kier alpha value is -2.00. The first-order chi connectivity index (χ1) is 14.9. The minimum atomic E-state index is -0.795. The van der Waals surface area contributed by atoms with Crippen LogP contribution in [0.15, 0.2) is 53.1 Å². The van der Waals surface area contributed by atoms with Crippen molar-refractivity contribution in [3.63, 3.8) is 0 Å². The SMILES string of the molecule is Cl.NC(Cc1sc2c(NCc3ccco3)cc(Cl)nc2c1Cl)C(=O)Nc1ccc(Cl)cc1. The molecule has 0 aliphatic carbocycles. The van der Waals surface area contributed by atoms with Gasteiger partial charge in [0, 0.05) is 28.1 Å². The Balaban J connectivity index is 0.00000289. The number of amides is 1. The second-order valence-corrected chi connectivity index (χ2v) is 9.06. The summed E-state index contributed by atoms with van der Waals surface area (Å²) in [6.45, 7) is 0.482. The van der Waals surface area contributed by atoms with Crippen molar-refractivity contribution in [2.45, 2.75) is 19.0 Å². The predicted molar refractivity (Wildman–Crippen MR) is 135 cm³/mol. The molecule has 3 aromatic heterocycles. The average Bonchev–Trinajstić information content (AvgIpc) is 3.37. The minimum Gasteiger partial charge on any atom is -0.467 e. The van der Waals surface area contributed by atoms with E-state index in [-0.39, 0.29) is 24.7 Å². The lowest BCUT2D eigenvalue weighted by atomic mass is 10.1. The molecule has 3 heterocycles. The number of nitrogens with one attached hydrogen (secondary N) is 2. The predicted octanol–water partition coefficient (Wildman–Crippen LogP) is 6.39. The van der Waals surface area contributed by atoms with Crippen molar-refractivity contribution >= 4 is 86.0 Å². The van der Waals surface area contributed by atoms with E-state index < -0.39 is 6.04 Å². The monoisotopic (exact) mass is 530 g/mol. The van der Waals surface area contributed by atoms with Crippen LogP contribution in [0.25, 0.3) is 10.2 Å². The van der Waals surface area contributed by atoms with Gasteiger partial charge in [0.05, 0.1) is 34.3 Å². The number of benzene rings is 1. The molecule has 0 aliphatic heterocycles. The van der Waals surface area contributed by atoms with Gasteiger partial charge >= 0.3 is 0 Å². The maximum absolute atomic E-state index is 12.5. The van der Waals surface area contributed by atoms with Gasteiger partial charge in [-0.15, -0.1) is 23.7 Å². The van der Waals surface area contributed by atoms with Crippen LogP contribution in [0.3, 0.4) is 0 Å². The van der Waals surface area contributed by atoms with E-state index in [9.17, 15) is 4.79 Å². The molecule has 4 N–H and O–H groups in total. The molecule has 0 aliphatic rings. The number of nitrogens with zero attached hydrogens (tertiary/aromatic N) is 1. The zero-order chi connectivity index (χ0) is 22.0. The molecular weight excluding hydrogens is 514 g/mol. The van der Waals surface area contributed by atoms with Gasteiger partial charge in [0.15, 0.2) is 0 Å². The van der Waals surface area contributed by atoms with Crippen LogP contribution >= 0.6 is 58.5 Å². The van der Waals surface area contributed by atoms with Crippen LogP contribution in [-0.4, -0.2) is 16.9 Å². The fraction of sp³-hybridized carbons (Fsp3) is 0.143. The number of nitrogens with two attached hydrogens (primary N) is 1. The summed E-state index contributed by atoms with van der Waals surface area (Å²) in [7, 11) is 0. The number of hydrogen-bond acceptors (Lipinski definition) is 6.